The van der Waals surface area contributed by atoms with Gasteiger partial charge in [-0.15, -0.1) is 0 Å². The highest BCUT2D eigenvalue weighted by Crippen LogP contribution is 2.40. The second-order valence-electron chi connectivity index (χ2n) is 8.77. The highest BCUT2D eigenvalue weighted by atomic mass is 16.5. The number of nitrogens with zero attached hydrogens (tertiary/aromatic N) is 5. The molecule has 1 aliphatic carbocycles. The predicted molar refractivity (Wildman–Crippen MR) is 115 cm³/mol. The van der Waals surface area contributed by atoms with Crippen LogP contribution < -0.4 is 0 Å². The fraction of sp³-hybridized carbons (Fsp3) is 0.417. The van der Waals surface area contributed by atoms with Crippen LogP contribution in [0.4, 0.5) is 0 Å². The molecule has 156 valence electrons. The first-order valence-electron chi connectivity index (χ1n) is 11.0. The highest BCUT2D eigenvalue weighted by Gasteiger charge is 2.29. The van der Waals surface area contributed by atoms with Crippen LogP contribution in [0.15, 0.2) is 35.0 Å². The summed E-state index contributed by atoms with van der Waals surface area (Å²) in [4.78, 5) is 9.58. The van der Waals surface area contributed by atoms with Crippen molar-refractivity contribution in [2.45, 2.75) is 57.1 Å². The van der Waals surface area contributed by atoms with Crippen molar-refractivity contribution >= 4 is 21.9 Å². The number of fused-ring (bicyclic) bond motifs is 3. The monoisotopic (exact) mass is 413 g/mol. The first kappa shape index (κ1) is 18.5. The van der Waals surface area contributed by atoms with Crippen LogP contribution in [0.3, 0.4) is 0 Å². The average Bonchev–Trinajstić information content (AvgIpc) is 3.42. The molecule has 1 unspecified atom stereocenters. The van der Waals surface area contributed by atoms with Crippen LogP contribution in [0, 0.1) is 11.3 Å². The molecular formula is C24H23N5O2. The molecule has 1 saturated heterocycles. The third-order valence-corrected chi connectivity index (χ3v) is 6.44. The summed E-state index contributed by atoms with van der Waals surface area (Å²) >= 11 is 0. The number of ether oxygens (including phenoxy) is 1. The Labute approximate surface area is 179 Å². The lowest BCUT2D eigenvalue weighted by molar-refractivity contribution is 0.00630. The highest BCUT2D eigenvalue weighted by molar-refractivity contribution is 6.02. The predicted octanol–water partition coefficient (Wildman–Crippen LogP) is 4.65. The van der Waals surface area contributed by atoms with Crippen LogP contribution in [0.2, 0.25) is 0 Å². The molecule has 2 atom stereocenters. The zero-order valence-corrected chi connectivity index (χ0v) is 17.4. The van der Waals surface area contributed by atoms with E-state index >= 15 is 0 Å². The first-order chi connectivity index (χ1) is 15.2. The van der Waals surface area contributed by atoms with Crippen LogP contribution in [-0.2, 0) is 11.2 Å². The van der Waals surface area contributed by atoms with Gasteiger partial charge < -0.3 is 13.8 Å². The van der Waals surface area contributed by atoms with E-state index in [1.807, 2.05) is 24.4 Å². The largest absolute Gasteiger partial charge is 0.378 e. The van der Waals surface area contributed by atoms with Crippen molar-refractivity contribution in [1.29, 1.82) is 5.26 Å². The second-order valence-corrected chi connectivity index (χ2v) is 8.77. The van der Waals surface area contributed by atoms with E-state index in [1.165, 1.54) is 12.8 Å². The summed E-state index contributed by atoms with van der Waals surface area (Å²) < 4.78 is 13.8. The zero-order valence-electron chi connectivity index (χ0n) is 17.4. The van der Waals surface area contributed by atoms with Gasteiger partial charge in [-0.3, -0.25) is 4.98 Å². The maximum atomic E-state index is 9.45. The molecule has 3 aromatic heterocycles. The van der Waals surface area contributed by atoms with Crippen molar-refractivity contribution in [3.63, 3.8) is 0 Å². The lowest BCUT2D eigenvalue weighted by Gasteiger charge is -2.30. The van der Waals surface area contributed by atoms with E-state index in [0.717, 1.165) is 58.7 Å². The number of benzene rings is 1. The summed E-state index contributed by atoms with van der Waals surface area (Å²) in [5, 5.41) is 14.7. The van der Waals surface area contributed by atoms with Gasteiger partial charge in [-0.1, -0.05) is 5.16 Å². The van der Waals surface area contributed by atoms with Crippen molar-refractivity contribution in [1.82, 2.24) is 19.7 Å². The van der Waals surface area contributed by atoms with Gasteiger partial charge >= 0.3 is 0 Å². The fourth-order valence-corrected chi connectivity index (χ4v) is 4.76. The van der Waals surface area contributed by atoms with Crippen molar-refractivity contribution in [2.24, 2.45) is 0 Å². The summed E-state index contributed by atoms with van der Waals surface area (Å²) in [6.07, 6.45) is 6.86. The first-order valence-corrected chi connectivity index (χ1v) is 11.0. The van der Waals surface area contributed by atoms with Gasteiger partial charge in [0.1, 0.15) is 17.1 Å². The van der Waals surface area contributed by atoms with E-state index < -0.39 is 0 Å². The Balaban J connectivity index is 1.53. The molecule has 0 N–H and O–H groups in total. The molecule has 1 aliphatic heterocycles. The quantitative estimate of drug-likeness (QED) is 0.484. The van der Waals surface area contributed by atoms with Gasteiger partial charge in [0.15, 0.2) is 0 Å². The number of nitriles is 1. The number of hydrogen-bond donors (Lipinski definition) is 0. The van der Waals surface area contributed by atoms with Crippen molar-refractivity contribution < 1.29 is 9.26 Å². The van der Waals surface area contributed by atoms with E-state index in [-0.39, 0.29) is 12.1 Å². The Kier molecular flexibility index (Phi) is 4.29. The number of imidazole rings is 1. The molecule has 2 fully saturated rings. The van der Waals surface area contributed by atoms with Crippen LogP contribution in [0.1, 0.15) is 67.4 Å². The maximum absolute atomic E-state index is 9.45. The zero-order chi connectivity index (χ0) is 20.9. The Morgan fingerprint density at radius 1 is 1.19 bits per heavy atom. The minimum Gasteiger partial charge on any atom is -0.378 e. The summed E-state index contributed by atoms with van der Waals surface area (Å²) in [6, 6.07) is 10.3. The van der Waals surface area contributed by atoms with E-state index in [2.05, 4.69) is 33.8 Å². The van der Waals surface area contributed by atoms with Crippen molar-refractivity contribution in [3.05, 3.63) is 53.3 Å². The molecule has 7 heteroatoms. The third kappa shape index (κ3) is 3.28. The van der Waals surface area contributed by atoms with E-state index in [4.69, 9.17) is 14.2 Å². The molecule has 7 nitrogen and oxygen atoms in total. The summed E-state index contributed by atoms with van der Waals surface area (Å²) in [5.41, 5.74) is 4.30. The second kappa shape index (κ2) is 7.17. The average molecular weight is 413 g/mol. The molecule has 0 spiro atoms. The van der Waals surface area contributed by atoms with E-state index in [9.17, 15) is 5.26 Å². The molecule has 1 aromatic carbocycles. The minimum absolute atomic E-state index is 0.195. The maximum Gasteiger partial charge on any atom is 0.140 e. The molecule has 0 amide bonds. The van der Waals surface area contributed by atoms with E-state index in [0.29, 0.717) is 17.9 Å². The van der Waals surface area contributed by atoms with Gasteiger partial charge in [-0.05, 0) is 50.8 Å². The van der Waals surface area contributed by atoms with Crippen LogP contribution in [0.25, 0.3) is 21.9 Å². The van der Waals surface area contributed by atoms with Gasteiger partial charge in [-0.2, -0.15) is 5.26 Å². The van der Waals surface area contributed by atoms with E-state index in [1.54, 1.807) is 0 Å². The topological polar surface area (TPSA) is 89.8 Å². The Morgan fingerprint density at radius 3 is 2.90 bits per heavy atom. The van der Waals surface area contributed by atoms with Crippen LogP contribution in [-0.4, -0.2) is 32.4 Å². The molecule has 4 heterocycles. The minimum atomic E-state index is 0.195. The fourth-order valence-electron chi connectivity index (χ4n) is 4.76. The van der Waals surface area contributed by atoms with Crippen LogP contribution >= 0.6 is 0 Å². The van der Waals surface area contributed by atoms with Gasteiger partial charge in [0.25, 0.3) is 0 Å². The SMILES string of the molecule is C[C@@H]1CC(n2c(Cc3cc(C4CC4)on3)nc3cnc4ccc(C#N)cc4c32)CCO1. The van der Waals surface area contributed by atoms with Crippen molar-refractivity contribution in [3.8, 4) is 6.07 Å². The van der Waals surface area contributed by atoms with Gasteiger partial charge in [-0.25, -0.2) is 4.98 Å². The lowest BCUT2D eigenvalue weighted by Crippen LogP contribution is -2.26. The number of pyridine rings is 1. The van der Waals surface area contributed by atoms with Gasteiger partial charge in [0.2, 0.25) is 0 Å². The molecule has 2 aliphatic rings. The van der Waals surface area contributed by atoms with Gasteiger partial charge in [0, 0.05) is 30.0 Å². The van der Waals surface area contributed by atoms with Crippen molar-refractivity contribution in [2.75, 3.05) is 6.61 Å². The number of hydrogen-bond acceptors (Lipinski definition) is 6. The number of rotatable bonds is 4. The summed E-state index contributed by atoms with van der Waals surface area (Å²) in [5.74, 6) is 2.48. The molecule has 6 rings (SSSR count). The standard InChI is InChI=1S/C24H23N5O2/c1-14-8-18(6-7-30-14)29-23(11-17-10-22(31-28-17)16-3-4-16)27-21-13-26-20-5-2-15(12-25)9-19(20)24(21)29/h2,5,9-10,13-14,16,18H,3-4,6-8,11H2,1H3/t14-,18?/m1/s1. The number of aromatic nitrogens is 4. The molecule has 31 heavy (non-hydrogen) atoms. The molecule has 0 bridgehead atoms. The molecular weight excluding hydrogens is 390 g/mol. The summed E-state index contributed by atoms with van der Waals surface area (Å²) in [6.45, 7) is 2.85. The normalized spacial score (nSPS) is 21.5. The lowest BCUT2D eigenvalue weighted by atomic mass is 10.0. The molecule has 0 radical (unpaired) electrons. The van der Waals surface area contributed by atoms with Gasteiger partial charge in [0.05, 0.1) is 47.1 Å². The van der Waals surface area contributed by atoms with Crippen LogP contribution in [0.5, 0.6) is 0 Å². The molecule has 1 saturated carbocycles. The Bertz CT molecular complexity index is 1330. The summed E-state index contributed by atoms with van der Waals surface area (Å²) in [7, 11) is 0. The smallest absolute Gasteiger partial charge is 0.140 e. The third-order valence-electron chi connectivity index (χ3n) is 6.44. The Morgan fingerprint density at radius 2 is 2.10 bits per heavy atom. The Hall–Kier alpha value is -3.24. The molecule has 4 aromatic rings.